The number of nitrogens with zero attached hydrogens (tertiary/aromatic N) is 2. The molecule has 36 heavy (non-hydrogen) atoms. The monoisotopic (exact) mass is 488 g/mol. The van der Waals surface area contributed by atoms with E-state index in [2.05, 4.69) is 6.92 Å². The van der Waals surface area contributed by atoms with Crippen molar-refractivity contribution in [1.82, 2.24) is 4.98 Å². The predicted octanol–water partition coefficient (Wildman–Crippen LogP) is 6.77. The molecule has 1 saturated heterocycles. The Kier molecular flexibility index (Phi) is 8.07. The van der Waals surface area contributed by atoms with Crippen LogP contribution in [0.15, 0.2) is 72.8 Å². The smallest absolute Gasteiger partial charge is 0.416 e. The number of benzene rings is 2. The van der Waals surface area contributed by atoms with Crippen molar-refractivity contribution in [2.75, 3.05) is 11.5 Å². The summed E-state index contributed by atoms with van der Waals surface area (Å²) in [7, 11) is 0. The first-order valence-corrected chi connectivity index (χ1v) is 12.5. The highest BCUT2D eigenvalue weighted by Gasteiger charge is 2.35. The quantitative estimate of drug-likeness (QED) is 0.350. The molecule has 2 aromatic carbocycles. The summed E-state index contributed by atoms with van der Waals surface area (Å²) in [4.78, 5) is 19.8. The summed E-state index contributed by atoms with van der Waals surface area (Å²) in [6.07, 6.45) is 1.48. The molecule has 1 aliphatic rings. The topological polar surface area (TPSA) is 60.9 Å². The molecule has 0 saturated carbocycles. The van der Waals surface area contributed by atoms with Gasteiger partial charge in [-0.05, 0) is 57.7 Å². The minimum Gasteiger partial charge on any atom is -0.443 e. The van der Waals surface area contributed by atoms with Gasteiger partial charge >= 0.3 is 6.09 Å². The molecule has 0 N–H and O–H groups in total. The highest BCUT2D eigenvalue weighted by atomic mass is 16.6. The number of hydrogen-bond donors (Lipinski definition) is 0. The first-order chi connectivity index (χ1) is 17.2. The first kappa shape index (κ1) is 25.9. The van der Waals surface area contributed by atoms with Gasteiger partial charge in [0.25, 0.3) is 0 Å². The standard InChI is InChI=1S/C30H36N2O4/c1-29(2,3)36-28(33)32(20-23-12-7-5-8-13-23)27-17-16-25(30(4)18-11-19-35-30)26(31-27)22-34-21-24-14-9-6-10-15-24/h5-10,12-17H,11,18-22H2,1-4H3. The minimum absolute atomic E-state index is 0.310. The molecule has 4 rings (SSSR count). The van der Waals surface area contributed by atoms with Crippen molar-refractivity contribution in [3.8, 4) is 0 Å². The average molecular weight is 489 g/mol. The predicted molar refractivity (Wildman–Crippen MR) is 141 cm³/mol. The van der Waals surface area contributed by atoms with Gasteiger partial charge in [0.2, 0.25) is 0 Å². The van der Waals surface area contributed by atoms with Gasteiger partial charge in [0, 0.05) is 12.2 Å². The van der Waals surface area contributed by atoms with Crippen LogP contribution in [0.5, 0.6) is 0 Å². The lowest BCUT2D eigenvalue weighted by Gasteiger charge is -2.29. The van der Waals surface area contributed by atoms with E-state index in [4.69, 9.17) is 19.2 Å². The summed E-state index contributed by atoms with van der Waals surface area (Å²) in [5, 5.41) is 0. The highest BCUT2D eigenvalue weighted by molar-refractivity contribution is 5.86. The maximum absolute atomic E-state index is 13.3. The van der Waals surface area contributed by atoms with Crippen LogP contribution in [0.3, 0.4) is 0 Å². The van der Waals surface area contributed by atoms with Crippen LogP contribution >= 0.6 is 0 Å². The Hall–Kier alpha value is -3.22. The second-order valence-electron chi connectivity index (χ2n) is 10.4. The number of hydrogen-bond acceptors (Lipinski definition) is 5. The van der Waals surface area contributed by atoms with Gasteiger partial charge in [0.15, 0.2) is 0 Å². The van der Waals surface area contributed by atoms with Crippen LogP contribution in [0, 0.1) is 0 Å². The van der Waals surface area contributed by atoms with E-state index in [-0.39, 0.29) is 0 Å². The molecule has 6 heteroatoms. The molecule has 0 bridgehead atoms. The van der Waals surface area contributed by atoms with E-state index in [1.165, 1.54) is 0 Å². The van der Waals surface area contributed by atoms with Crippen LogP contribution in [0.2, 0.25) is 0 Å². The van der Waals surface area contributed by atoms with E-state index in [9.17, 15) is 4.79 Å². The Morgan fingerprint density at radius 1 is 0.972 bits per heavy atom. The summed E-state index contributed by atoms with van der Waals surface area (Å²) in [5.74, 6) is 0.525. The van der Waals surface area contributed by atoms with Crippen molar-refractivity contribution in [2.24, 2.45) is 0 Å². The summed E-state index contributed by atoms with van der Waals surface area (Å²) in [5.41, 5.74) is 2.81. The Labute approximate surface area is 214 Å². The zero-order valence-electron chi connectivity index (χ0n) is 21.7. The normalized spacial score (nSPS) is 17.7. The van der Waals surface area contributed by atoms with Gasteiger partial charge in [-0.2, -0.15) is 0 Å². The van der Waals surface area contributed by atoms with Crippen LogP contribution < -0.4 is 4.90 Å². The fourth-order valence-corrected chi connectivity index (χ4v) is 4.39. The van der Waals surface area contributed by atoms with E-state index in [0.29, 0.717) is 25.6 Å². The Morgan fingerprint density at radius 2 is 1.64 bits per heavy atom. The zero-order chi connectivity index (χ0) is 25.6. The van der Waals surface area contributed by atoms with E-state index in [0.717, 1.165) is 41.8 Å². The van der Waals surface area contributed by atoms with Crippen molar-refractivity contribution >= 4 is 11.9 Å². The fourth-order valence-electron chi connectivity index (χ4n) is 4.39. The van der Waals surface area contributed by atoms with Crippen molar-refractivity contribution in [1.29, 1.82) is 0 Å². The number of ether oxygens (including phenoxy) is 3. The molecular formula is C30H36N2O4. The lowest BCUT2D eigenvalue weighted by atomic mass is 9.91. The maximum Gasteiger partial charge on any atom is 0.416 e. The van der Waals surface area contributed by atoms with E-state index >= 15 is 0 Å². The molecule has 190 valence electrons. The summed E-state index contributed by atoms with van der Waals surface area (Å²) in [6, 6.07) is 23.8. The number of anilines is 1. The third-order valence-corrected chi connectivity index (χ3v) is 6.17. The molecule has 1 amide bonds. The molecule has 0 radical (unpaired) electrons. The third-order valence-electron chi connectivity index (χ3n) is 6.17. The largest absolute Gasteiger partial charge is 0.443 e. The minimum atomic E-state index is -0.626. The van der Waals surface area contributed by atoms with Gasteiger partial charge in [0.1, 0.15) is 11.4 Å². The lowest BCUT2D eigenvalue weighted by Crippen LogP contribution is -2.37. The number of carbonyl (C=O) groups excluding carboxylic acids is 1. The molecule has 0 aliphatic carbocycles. The molecule has 1 atom stereocenters. The summed E-state index contributed by atoms with van der Waals surface area (Å²) in [6.45, 7) is 9.55. The van der Waals surface area contributed by atoms with Crippen LogP contribution in [0.4, 0.5) is 10.6 Å². The molecule has 3 aromatic rings. The van der Waals surface area contributed by atoms with Gasteiger partial charge < -0.3 is 14.2 Å². The molecule has 1 aliphatic heterocycles. The van der Waals surface area contributed by atoms with Gasteiger partial charge in [-0.3, -0.25) is 4.90 Å². The van der Waals surface area contributed by atoms with Gasteiger partial charge in [-0.1, -0.05) is 66.7 Å². The number of pyridine rings is 1. The van der Waals surface area contributed by atoms with Gasteiger partial charge in [0.05, 0.1) is 31.1 Å². The van der Waals surface area contributed by atoms with Gasteiger partial charge in [-0.25, -0.2) is 9.78 Å². The van der Waals surface area contributed by atoms with E-state index < -0.39 is 17.3 Å². The highest BCUT2D eigenvalue weighted by Crippen LogP contribution is 2.38. The van der Waals surface area contributed by atoms with Crippen LogP contribution in [-0.2, 0) is 39.6 Å². The SMILES string of the molecule is CC(C)(C)OC(=O)N(Cc1ccccc1)c1ccc(C2(C)CCCO2)c(COCc2ccccc2)n1. The van der Waals surface area contributed by atoms with E-state index in [1.807, 2.05) is 93.6 Å². The Balaban J connectivity index is 1.66. The number of carbonyl (C=O) groups is 1. The van der Waals surface area contributed by atoms with Crippen molar-refractivity contribution < 1.29 is 19.0 Å². The fraction of sp³-hybridized carbons (Fsp3) is 0.400. The van der Waals surface area contributed by atoms with Crippen LogP contribution in [0.25, 0.3) is 0 Å². The van der Waals surface area contributed by atoms with Crippen molar-refractivity contribution in [2.45, 2.75) is 71.5 Å². The number of aromatic nitrogens is 1. The number of rotatable bonds is 8. The lowest BCUT2D eigenvalue weighted by molar-refractivity contribution is 0.0131. The summed E-state index contributed by atoms with van der Waals surface area (Å²) < 4.78 is 18.0. The molecule has 6 nitrogen and oxygen atoms in total. The second kappa shape index (κ2) is 11.2. The molecule has 1 fully saturated rings. The zero-order valence-corrected chi connectivity index (χ0v) is 21.7. The van der Waals surface area contributed by atoms with Crippen molar-refractivity contribution in [3.05, 3.63) is 95.2 Å². The molecule has 1 aromatic heterocycles. The average Bonchev–Trinajstić information content (AvgIpc) is 3.30. The second-order valence-corrected chi connectivity index (χ2v) is 10.4. The maximum atomic E-state index is 13.3. The number of amides is 1. The van der Waals surface area contributed by atoms with E-state index in [1.54, 1.807) is 4.90 Å². The third kappa shape index (κ3) is 6.71. The Bertz CT molecular complexity index is 1140. The first-order valence-electron chi connectivity index (χ1n) is 12.5. The Morgan fingerprint density at radius 3 is 2.25 bits per heavy atom. The van der Waals surface area contributed by atoms with Crippen LogP contribution in [0.1, 0.15) is 62.9 Å². The molecule has 2 heterocycles. The molecule has 0 spiro atoms. The molecular weight excluding hydrogens is 452 g/mol. The molecule has 1 unspecified atom stereocenters. The van der Waals surface area contributed by atoms with Crippen molar-refractivity contribution in [3.63, 3.8) is 0 Å². The van der Waals surface area contributed by atoms with Crippen LogP contribution in [-0.4, -0.2) is 23.3 Å². The van der Waals surface area contributed by atoms with Gasteiger partial charge in [-0.15, -0.1) is 0 Å². The summed E-state index contributed by atoms with van der Waals surface area (Å²) >= 11 is 0.